The Morgan fingerprint density at radius 1 is 1.16 bits per heavy atom. The first kappa shape index (κ1) is 21.5. The van der Waals surface area contributed by atoms with Gasteiger partial charge in [-0.25, -0.2) is 9.97 Å². The van der Waals surface area contributed by atoms with Gasteiger partial charge in [-0.2, -0.15) is 18.4 Å². The second-order valence-electron chi connectivity index (χ2n) is 7.57. The summed E-state index contributed by atoms with van der Waals surface area (Å²) in [6, 6.07) is 1.62. The van der Waals surface area contributed by atoms with Gasteiger partial charge in [-0.15, -0.1) is 0 Å². The van der Waals surface area contributed by atoms with Crippen molar-refractivity contribution in [1.29, 1.82) is 5.26 Å². The molecule has 3 heterocycles. The molecule has 0 aromatic carbocycles. The first-order valence-corrected chi connectivity index (χ1v) is 9.89. The van der Waals surface area contributed by atoms with Crippen LogP contribution in [0.3, 0.4) is 0 Å². The molecule has 2 fully saturated rings. The molecule has 1 aliphatic heterocycles. The molecule has 0 spiro atoms. The molecule has 0 bridgehead atoms. The van der Waals surface area contributed by atoms with Gasteiger partial charge in [0.05, 0.1) is 30.3 Å². The lowest BCUT2D eigenvalue weighted by Crippen LogP contribution is -2.59. The van der Waals surface area contributed by atoms with Crippen LogP contribution in [0.1, 0.15) is 25.0 Å². The molecule has 12 heteroatoms. The summed E-state index contributed by atoms with van der Waals surface area (Å²) < 4.78 is 38.6. The third-order valence-electron chi connectivity index (χ3n) is 5.29. The lowest BCUT2D eigenvalue weighted by molar-refractivity contribution is -0.211. The van der Waals surface area contributed by atoms with E-state index >= 15 is 0 Å². The largest absolute Gasteiger partial charge is 0.408 e. The van der Waals surface area contributed by atoms with Crippen LogP contribution in [0.5, 0.6) is 0 Å². The zero-order valence-corrected chi connectivity index (χ0v) is 16.7. The van der Waals surface area contributed by atoms with Crippen LogP contribution >= 0.6 is 0 Å². The number of amides is 2. The molecule has 1 atom stereocenters. The molecule has 1 saturated carbocycles. The van der Waals surface area contributed by atoms with Crippen molar-refractivity contribution in [3.05, 3.63) is 30.4 Å². The van der Waals surface area contributed by atoms with Gasteiger partial charge in [-0.05, 0) is 25.3 Å². The Labute approximate surface area is 180 Å². The summed E-state index contributed by atoms with van der Waals surface area (Å²) in [7, 11) is 0. The van der Waals surface area contributed by atoms with E-state index in [9.17, 15) is 28.0 Å². The number of nitriles is 1. The fourth-order valence-corrected chi connectivity index (χ4v) is 3.24. The van der Waals surface area contributed by atoms with Crippen molar-refractivity contribution in [2.24, 2.45) is 5.92 Å². The van der Waals surface area contributed by atoms with Crippen molar-refractivity contribution < 1.29 is 22.8 Å². The Bertz CT molecular complexity index is 1080. The van der Waals surface area contributed by atoms with Crippen molar-refractivity contribution >= 4 is 23.3 Å². The number of carbonyl (C=O) groups excluding carboxylic acids is 2. The topological polar surface area (TPSA) is 124 Å². The molecule has 2 aromatic heterocycles. The predicted octanol–water partition coefficient (Wildman–Crippen LogP) is 2.33. The van der Waals surface area contributed by atoms with E-state index in [0.717, 1.165) is 17.7 Å². The summed E-state index contributed by atoms with van der Waals surface area (Å²) in [6.07, 6.45) is 1.36. The van der Waals surface area contributed by atoms with E-state index in [2.05, 4.69) is 25.6 Å². The Kier molecular flexibility index (Phi) is 5.65. The molecular weight excluding hydrogens is 427 g/mol. The molecule has 1 unspecified atom stereocenters. The number of likely N-dealkylation sites (tertiary alicyclic amines) is 1. The minimum atomic E-state index is -4.46. The van der Waals surface area contributed by atoms with E-state index in [1.165, 1.54) is 24.7 Å². The highest BCUT2D eigenvalue weighted by Crippen LogP contribution is 2.33. The number of nitrogens with one attached hydrogen (secondary N) is 2. The summed E-state index contributed by atoms with van der Waals surface area (Å²) in [5, 5.41) is 14.6. The number of pyridine rings is 1. The first-order chi connectivity index (χ1) is 15.3. The number of carbonyl (C=O) groups is 2. The monoisotopic (exact) mass is 445 g/mol. The molecule has 2 aromatic rings. The number of anilines is 2. The number of rotatable bonds is 6. The van der Waals surface area contributed by atoms with Crippen LogP contribution in [0, 0.1) is 17.2 Å². The van der Waals surface area contributed by atoms with Gasteiger partial charge in [0, 0.05) is 24.2 Å². The highest BCUT2D eigenvalue weighted by molar-refractivity contribution is 5.93. The minimum absolute atomic E-state index is 0.0150. The average Bonchev–Trinajstić information content (AvgIpc) is 3.56. The van der Waals surface area contributed by atoms with Gasteiger partial charge in [-0.1, -0.05) is 0 Å². The molecule has 2 aliphatic rings. The van der Waals surface area contributed by atoms with Crippen molar-refractivity contribution in [3.63, 3.8) is 0 Å². The van der Waals surface area contributed by atoms with E-state index in [0.29, 0.717) is 17.1 Å². The molecule has 4 rings (SSSR count). The molecule has 0 radical (unpaired) electrons. The SMILES string of the molecule is N#Cc1ncc(-c2cnc(NC(=O)C3CC3)cn2)cc1NCC(=O)N1CCC1C(F)(F)F. The van der Waals surface area contributed by atoms with Gasteiger partial charge in [0.15, 0.2) is 11.5 Å². The standard InChI is InChI=1S/C20H18F3N7O2/c21-20(22,23)16-3-4-30(16)18(31)10-27-13-5-12(7-25-14(13)6-24)15-8-28-17(9-26-15)29-19(32)11-1-2-11/h5,7-9,11,16,27H,1-4,10H2,(H,28,29,32). The average molecular weight is 445 g/mol. The zero-order chi connectivity index (χ0) is 22.9. The molecule has 1 aliphatic carbocycles. The van der Waals surface area contributed by atoms with Crippen LogP contribution in [-0.4, -0.2) is 57.0 Å². The zero-order valence-electron chi connectivity index (χ0n) is 16.7. The highest BCUT2D eigenvalue weighted by Gasteiger charge is 2.50. The van der Waals surface area contributed by atoms with Crippen LogP contribution in [0.15, 0.2) is 24.7 Å². The molecule has 1 saturated heterocycles. The highest BCUT2D eigenvalue weighted by atomic mass is 19.4. The second kappa shape index (κ2) is 8.41. The van der Waals surface area contributed by atoms with Crippen molar-refractivity contribution in [2.45, 2.75) is 31.5 Å². The summed E-state index contributed by atoms with van der Waals surface area (Å²) in [6.45, 7) is -0.377. The smallest absolute Gasteiger partial charge is 0.374 e. The van der Waals surface area contributed by atoms with Gasteiger partial charge in [-0.3, -0.25) is 14.6 Å². The van der Waals surface area contributed by atoms with Crippen LogP contribution in [0.25, 0.3) is 11.3 Å². The van der Waals surface area contributed by atoms with E-state index in [-0.39, 0.29) is 36.2 Å². The Balaban J connectivity index is 1.44. The van der Waals surface area contributed by atoms with Crippen LogP contribution < -0.4 is 10.6 Å². The molecule has 9 nitrogen and oxygen atoms in total. The molecule has 32 heavy (non-hydrogen) atoms. The van der Waals surface area contributed by atoms with Gasteiger partial charge in [0.1, 0.15) is 12.1 Å². The predicted molar refractivity (Wildman–Crippen MR) is 106 cm³/mol. The lowest BCUT2D eigenvalue weighted by Gasteiger charge is -2.41. The van der Waals surface area contributed by atoms with Crippen LogP contribution in [-0.2, 0) is 9.59 Å². The molecule has 166 valence electrons. The fourth-order valence-electron chi connectivity index (χ4n) is 3.24. The van der Waals surface area contributed by atoms with Crippen molar-refractivity contribution in [1.82, 2.24) is 19.9 Å². The Hall–Kier alpha value is -3.75. The Morgan fingerprint density at radius 3 is 2.50 bits per heavy atom. The normalized spacial score (nSPS) is 17.8. The summed E-state index contributed by atoms with van der Waals surface area (Å²) in [5.74, 6) is -0.482. The number of hydrogen-bond acceptors (Lipinski definition) is 7. The third kappa shape index (κ3) is 4.61. The van der Waals surface area contributed by atoms with E-state index in [1.54, 1.807) is 0 Å². The quantitative estimate of drug-likeness (QED) is 0.699. The third-order valence-corrected chi connectivity index (χ3v) is 5.29. The maximum absolute atomic E-state index is 12.9. The fraction of sp³-hybridized carbons (Fsp3) is 0.400. The maximum Gasteiger partial charge on any atom is 0.408 e. The minimum Gasteiger partial charge on any atom is -0.374 e. The number of alkyl halides is 3. The summed E-state index contributed by atoms with van der Waals surface area (Å²) in [5.41, 5.74) is 1.05. The number of halogens is 3. The lowest BCUT2D eigenvalue weighted by atomic mass is 10.0. The van der Waals surface area contributed by atoms with E-state index < -0.39 is 24.7 Å². The van der Waals surface area contributed by atoms with Gasteiger partial charge < -0.3 is 15.5 Å². The molecule has 2 N–H and O–H groups in total. The van der Waals surface area contributed by atoms with E-state index in [4.69, 9.17) is 0 Å². The molecular formula is C20H18F3N7O2. The van der Waals surface area contributed by atoms with E-state index in [1.807, 2.05) is 6.07 Å². The number of hydrogen-bond donors (Lipinski definition) is 2. The summed E-state index contributed by atoms with van der Waals surface area (Å²) >= 11 is 0. The first-order valence-electron chi connectivity index (χ1n) is 9.89. The second-order valence-corrected chi connectivity index (χ2v) is 7.57. The van der Waals surface area contributed by atoms with Crippen molar-refractivity contribution in [3.8, 4) is 17.3 Å². The maximum atomic E-state index is 12.9. The van der Waals surface area contributed by atoms with Gasteiger partial charge >= 0.3 is 6.18 Å². The molecule has 2 amide bonds. The van der Waals surface area contributed by atoms with Gasteiger partial charge in [0.25, 0.3) is 0 Å². The van der Waals surface area contributed by atoms with Gasteiger partial charge in [0.2, 0.25) is 11.8 Å². The number of aromatic nitrogens is 3. The van der Waals surface area contributed by atoms with Crippen LogP contribution in [0.4, 0.5) is 24.7 Å². The number of nitrogens with zero attached hydrogens (tertiary/aromatic N) is 5. The summed E-state index contributed by atoms with van der Waals surface area (Å²) in [4.78, 5) is 37.2. The Morgan fingerprint density at radius 2 is 1.94 bits per heavy atom. The van der Waals surface area contributed by atoms with Crippen LogP contribution in [0.2, 0.25) is 0 Å². The van der Waals surface area contributed by atoms with Crippen molar-refractivity contribution in [2.75, 3.05) is 23.7 Å².